The van der Waals surface area contributed by atoms with Crippen molar-refractivity contribution in [2.75, 3.05) is 5.32 Å². The second kappa shape index (κ2) is 9.61. The van der Waals surface area contributed by atoms with Crippen LogP contribution in [0.15, 0.2) is 53.0 Å². The molecule has 28 heavy (non-hydrogen) atoms. The van der Waals surface area contributed by atoms with Crippen molar-refractivity contribution in [1.29, 1.82) is 0 Å². The topological polar surface area (TPSA) is 108 Å². The number of thiophene rings is 1. The first-order chi connectivity index (χ1) is 13.3. The van der Waals surface area contributed by atoms with Gasteiger partial charge >= 0.3 is 5.97 Å². The van der Waals surface area contributed by atoms with Crippen LogP contribution in [0.4, 0.5) is 5.69 Å². The highest BCUT2D eigenvalue weighted by Crippen LogP contribution is 2.23. The Morgan fingerprint density at radius 2 is 1.79 bits per heavy atom. The highest BCUT2D eigenvalue weighted by atomic mass is 32.1. The maximum atomic E-state index is 12.2. The molecule has 0 saturated carbocycles. The van der Waals surface area contributed by atoms with E-state index in [-0.39, 0.29) is 5.91 Å². The molecule has 1 aromatic heterocycles. The summed E-state index contributed by atoms with van der Waals surface area (Å²) in [5, 5.41) is 17.0. The van der Waals surface area contributed by atoms with Crippen molar-refractivity contribution in [3.05, 3.63) is 63.9 Å². The van der Waals surface area contributed by atoms with Gasteiger partial charge in [-0.3, -0.25) is 9.59 Å². The van der Waals surface area contributed by atoms with Crippen molar-refractivity contribution in [2.24, 2.45) is 5.10 Å². The molecule has 0 saturated heterocycles. The molecule has 8 heteroatoms. The normalized spacial score (nSPS) is 11.6. The van der Waals surface area contributed by atoms with Gasteiger partial charge in [0.2, 0.25) is 5.91 Å². The van der Waals surface area contributed by atoms with Crippen molar-refractivity contribution in [3.63, 3.8) is 0 Å². The summed E-state index contributed by atoms with van der Waals surface area (Å²) < 4.78 is 0. The van der Waals surface area contributed by atoms with Gasteiger partial charge in [0.05, 0.1) is 11.3 Å². The lowest BCUT2D eigenvalue weighted by Gasteiger charge is -2.05. The van der Waals surface area contributed by atoms with Crippen LogP contribution in [0.3, 0.4) is 0 Å². The molecule has 0 unspecified atom stereocenters. The molecule has 3 N–H and O–H groups in total. The van der Waals surface area contributed by atoms with Crippen LogP contribution in [-0.2, 0) is 9.59 Å². The summed E-state index contributed by atoms with van der Waals surface area (Å²) in [7, 11) is 0. The first kappa shape index (κ1) is 21.0. The zero-order valence-electron chi connectivity index (χ0n) is 15.7. The molecule has 0 bridgehead atoms. The Morgan fingerprint density at radius 1 is 1.11 bits per heavy atom. The van der Waals surface area contributed by atoms with E-state index in [0.717, 1.165) is 22.6 Å². The van der Waals surface area contributed by atoms with Crippen molar-refractivity contribution < 1.29 is 19.5 Å². The fourth-order valence-corrected chi connectivity index (χ4v) is 3.07. The zero-order chi connectivity index (χ0) is 20.7. The van der Waals surface area contributed by atoms with Gasteiger partial charge in [0.15, 0.2) is 0 Å². The average Bonchev–Trinajstić information content (AvgIpc) is 3.15. The van der Waals surface area contributed by atoms with E-state index in [1.807, 2.05) is 11.4 Å². The number of carbonyl (C=O) groups excluding carboxylic acids is 2. The number of nitrogens with one attached hydrogen (secondary N) is 2. The van der Waals surface area contributed by atoms with Gasteiger partial charge < -0.3 is 10.4 Å². The Kier molecular flexibility index (Phi) is 7.22. The third kappa shape index (κ3) is 6.17. The largest absolute Gasteiger partial charge is 0.478 e. The Hall–Kier alpha value is -3.26. The lowest BCUT2D eigenvalue weighted by atomic mass is 10.1. The van der Waals surface area contributed by atoms with Crippen LogP contribution in [-0.4, -0.2) is 28.6 Å². The fourth-order valence-electron chi connectivity index (χ4n) is 2.16. The molecule has 2 amide bonds. The number of carboxylic acid groups (broad SMARTS) is 1. The Morgan fingerprint density at radius 3 is 2.36 bits per heavy atom. The van der Waals surface area contributed by atoms with Crippen LogP contribution in [0, 0.1) is 0 Å². The Bertz CT molecular complexity index is 927. The van der Waals surface area contributed by atoms with Crippen LogP contribution >= 0.6 is 11.3 Å². The molecule has 1 aromatic carbocycles. The molecule has 146 valence electrons. The highest BCUT2D eigenvalue weighted by molar-refractivity contribution is 7.10. The third-order valence-corrected chi connectivity index (χ3v) is 4.96. The van der Waals surface area contributed by atoms with E-state index in [2.05, 4.69) is 29.7 Å². The van der Waals surface area contributed by atoms with Gasteiger partial charge in [-0.1, -0.05) is 26.0 Å². The second-order valence-electron chi connectivity index (χ2n) is 6.27. The van der Waals surface area contributed by atoms with Gasteiger partial charge in [-0.25, -0.2) is 10.2 Å². The summed E-state index contributed by atoms with van der Waals surface area (Å²) in [5.41, 5.74) is 5.02. The Labute approximate surface area is 166 Å². The van der Waals surface area contributed by atoms with E-state index < -0.39 is 11.9 Å². The van der Waals surface area contributed by atoms with Gasteiger partial charge in [-0.05, 0) is 36.6 Å². The minimum absolute atomic E-state index is 0.267. The van der Waals surface area contributed by atoms with Gasteiger partial charge in [0.1, 0.15) is 0 Å². The molecular formula is C20H21N3O4S. The molecule has 2 aromatic rings. The van der Waals surface area contributed by atoms with Gasteiger partial charge in [-0.15, -0.1) is 11.3 Å². The summed E-state index contributed by atoms with van der Waals surface area (Å²) in [6, 6.07) is 8.67. The van der Waals surface area contributed by atoms with E-state index >= 15 is 0 Å². The van der Waals surface area contributed by atoms with E-state index in [1.165, 1.54) is 0 Å². The number of rotatable bonds is 7. The predicted octanol–water partition coefficient (Wildman–Crippen LogP) is 3.60. The number of carbonyl (C=O) groups is 3. The molecule has 0 fully saturated rings. The van der Waals surface area contributed by atoms with Crippen LogP contribution in [0.2, 0.25) is 0 Å². The SMILES string of the molecule is CC(=NNC(=O)c1csc(C(C)C)c1)c1ccc(NC(=O)C=CC(=O)O)cc1. The predicted molar refractivity (Wildman–Crippen MR) is 110 cm³/mol. The Balaban J connectivity index is 1.97. The second-order valence-corrected chi connectivity index (χ2v) is 7.21. The number of carboxylic acids is 1. The van der Waals surface area contributed by atoms with Gasteiger partial charge in [0.25, 0.3) is 5.91 Å². The highest BCUT2D eigenvalue weighted by Gasteiger charge is 2.10. The maximum Gasteiger partial charge on any atom is 0.328 e. The van der Waals surface area contributed by atoms with Gasteiger partial charge in [0, 0.05) is 28.1 Å². The van der Waals surface area contributed by atoms with E-state index in [0.29, 0.717) is 22.9 Å². The van der Waals surface area contributed by atoms with Crippen LogP contribution < -0.4 is 10.7 Å². The quantitative estimate of drug-likeness (QED) is 0.375. The molecule has 0 aliphatic heterocycles. The molecule has 0 radical (unpaired) electrons. The summed E-state index contributed by atoms with van der Waals surface area (Å²) in [6.07, 6.45) is 1.70. The number of aliphatic carboxylic acids is 1. The van der Waals surface area contributed by atoms with Crippen molar-refractivity contribution in [1.82, 2.24) is 5.43 Å². The minimum Gasteiger partial charge on any atom is -0.478 e. The molecule has 2 rings (SSSR count). The van der Waals surface area contributed by atoms with Crippen molar-refractivity contribution >= 4 is 40.5 Å². The summed E-state index contributed by atoms with van der Waals surface area (Å²) in [4.78, 5) is 35.3. The van der Waals surface area contributed by atoms with Crippen molar-refractivity contribution in [3.8, 4) is 0 Å². The standard InChI is InChI=1S/C20H21N3O4S/c1-12(2)17-10-15(11-28-17)20(27)23-22-13(3)14-4-6-16(7-5-14)21-18(24)8-9-19(25)26/h4-12H,1-3H3,(H,21,24)(H,23,27)(H,25,26). The number of hydrazone groups is 1. The average molecular weight is 399 g/mol. The van der Waals surface area contributed by atoms with Crippen LogP contribution in [0.5, 0.6) is 0 Å². The number of nitrogens with zero attached hydrogens (tertiary/aromatic N) is 1. The zero-order valence-corrected chi connectivity index (χ0v) is 16.5. The molecular weight excluding hydrogens is 378 g/mol. The van der Waals surface area contributed by atoms with Crippen molar-refractivity contribution in [2.45, 2.75) is 26.7 Å². The van der Waals surface area contributed by atoms with Crippen LogP contribution in [0.1, 0.15) is 47.5 Å². The van der Waals surface area contributed by atoms with Crippen LogP contribution in [0.25, 0.3) is 0 Å². The number of hydrogen-bond acceptors (Lipinski definition) is 5. The summed E-state index contributed by atoms with van der Waals surface area (Å²) in [6.45, 7) is 5.91. The number of benzene rings is 1. The number of hydrogen-bond donors (Lipinski definition) is 3. The summed E-state index contributed by atoms with van der Waals surface area (Å²) in [5.74, 6) is -1.63. The smallest absolute Gasteiger partial charge is 0.328 e. The molecule has 0 spiro atoms. The molecule has 0 atom stereocenters. The fraction of sp³-hybridized carbons (Fsp3) is 0.200. The van der Waals surface area contributed by atoms with E-state index in [1.54, 1.807) is 42.5 Å². The molecule has 1 heterocycles. The number of amides is 2. The van der Waals surface area contributed by atoms with E-state index in [4.69, 9.17) is 5.11 Å². The lowest BCUT2D eigenvalue weighted by Crippen LogP contribution is -2.18. The maximum absolute atomic E-state index is 12.2. The number of anilines is 1. The lowest BCUT2D eigenvalue weighted by molar-refractivity contribution is -0.131. The monoisotopic (exact) mass is 399 g/mol. The molecule has 0 aliphatic carbocycles. The molecule has 0 aliphatic rings. The minimum atomic E-state index is -1.19. The van der Waals surface area contributed by atoms with Gasteiger partial charge in [-0.2, -0.15) is 5.10 Å². The third-order valence-electron chi connectivity index (χ3n) is 3.72. The first-order valence-electron chi connectivity index (χ1n) is 8.51. The van der Waals surface area contributed by atoms with E-state index in [9.17, 15) is 14.4 Å². The first-order valence-corrected chi connectivity index (χ1v) is 9.39. The summed E-state index contributed by atoms with van der Waals surface area (Å²) >= 11 is 1.55. The molecule has 7 nitrogen and oxygen atoms in total.